The largest absolute Gasteiger partial charge is 0.480 e. The minimum absolute atomic E-state index is 0.00545. The highest BCUT2D eigenvalue weighted by molar-refractivity contribution is 9.11. The van der Waals surface area contributed by atoms with Gasteiger partial charge in [0.25, 0.3) is 11.8 Å². The lowest BCUT2D eigenvalue weighted by molar-refractivity contribution is -0.143. The Morgan fingerprint density at radius 3 is 2.39 bits per heavy atom. The molecule has 0 aromatic heterocycles. The van der Waals surface area contributed by atoms with Crippen LogP contribution in [0.5, 0.6) is 5.75 Å². The fourth-order valence-electron chi connectivity index (χ4n) is 2.47. The number of hydrogen-bond donors (Lipinski definition) is 1. The fraction of sp³-hybridized carbons (Fsp3) is 0.105. The molecule has 0 unspecified atom stereocenters. The van der Waals surface area contributed by atoms with Gasteiger partial charge in [-0.25, -0.2) is 9.80 Å². The van der Waals surface area contributed by atoms with Crippen LogP contribution in [0.1, 0.15) is 5.56 Å². The summed E-state index contributed by atoms with van der Waals surface area (Å²) in [5, 5.41) is 1.20. The number of halogens is 2. The lowest BCUT2D eigenvalue weighted by Gasteiger charge is -2.13. The summed E-state index contributed by atoms with van der Waals surface area (Å²) in [7, 11) is 1.27. The number of rotatable bonds is 5. The lowest BCUT2D eigenvalue weighted by atomic mass is 10.1. The molecule has 0 aliphatic carbocycles. The smallest absolute Gasteiger partial charge is 0.343 e. The zero-order valence-corrected chi connectivity index (χ0v) is 17.7. The van der Waals surface area contributed by atoms with Crippen LogP contribution in [0.15, 0.2) is 57.0 Å². The van der Waals surface area contributed by atoms with E-state index in [1.807, 2.05) is 6.07 Å². The molecule has 0 radical (unpaired) electrons. The molecule has 144 valence electrons. The molecule has 28 heavy (non-hydrogen) atoms. The molecule has 0 bridgehead atoms. The van der Waals surface area contributed by atoms with Gasteiger partial charge >= 0.3 is 5.97 Å². The summed E-state index contributed by atoms with van der Waals surface area (Å²) < 4.78 is 11.1. The molecule has 1 heterocycles. The van der Waals surface area contributed by atoms with E-state index in [1.54, 1.807) is 36.4 Å². The van der Waals surface area contributed by atoms with Crippen molar-refractivity contribution >= 4 is 61.4 Å². The van der Waals surface area contributed by atoms with Gasteiger partial charge in [0.1, 0.15) is 11.3 Å². The van der Waals surface area contributed by atoms with Crippen molar-refractivity contribution in [3.63, 3.8) is 0 Å². The highest BCUT2D eigenvalue weighted by Crippen LogP contribution is 2.35. The van der Waals surface area contributed by atoms with Crippen LogP contribution < -0.4 is 15.2 Å². The van der Waals surface area contributed by atoms with Gasteiger partial charge in [-0.05, 0) is 67.8 Å². The first-order chi connectivity index (χ1) is 13.4. The molecule has 0 spiro atoms. The van der Waals surface area contributed by atoms with E-state index in [9.17, 15) is 14.4 Å². The maximum Gasteiger partial charge on any atom is 0.343 e. The van der Waals surface area contributed by atoms with Crippen LogP contribution in [-0.2, 0) is 19.1 Å². The zero-order valence-electron chi connectivity index (χ0n) is 14.6. The van der Waals surface area contributed by atoms with Gasteiger partial charge in [0.15, 0.2) is 6.61 Å². The van der Waals surface area contributed by atoms with Gasteiger partial charge in [-0.2, -0.15) is 0 Å². The molecule has 9 heteroatoms. The summed E-state index contributed by atoms with van der Waals surface area (Å²) in [5.74, 6) is -1.05. The van der Waals surface area contributed by atoms with Gasteiger partial charge in [0.05, 0.1) is 21.7 Å². The molecule has 3 rings (SSSR count). The Labute approximate surface area is 177 Å². The molecule has 1 aliphatic rings. The fourth-order valence-corrected chi connectivity index (χ4v) is 3.92. The van der Waals surface area contributed by atoms with Crippen molar-refractivity contribution < 1.29 is 23.9 Å². The van der Waals surface area contributed by atoms with Crippen molar-refractivity contribution in [1.29, 1.82) is 0 Å². The van der Waals surface area contributed by atoms with Gasteiger partial charge in [0.2, 0.25) is 0 Å². The van der Waals surface area contributed by atoms with Crippen LogP contribution in [0.25, 0.3) is 6.08 Å². The van der Waals surface area contributed by atoms with E-state index < -0.39 is 17.8 Å². The van der Waals surface area contributed by atoms with Crippen molar-refractivity contribution in [2.45, 2.75) is 0 Å². The molecule has 1 fully saturated rings. The minimum atomic E-state index is -0.515. The van der Waals surface area contributed by atoms with E-state index in [4.69, 9.17) is 4.74 Å². The van der Waals surface area contributed by atoms with E-state index in [1.165, 1.54) is 18.2 Å². The Kier molecular flexibility index (Phi) is 6.15. The molecule has 0 saturated carbocycles. The summed E-state index contributed by atoms with van der Waals surface area (Å²) in [6.45, 7) is -0.249. The summed E-state index contributed by atoms with van der Waals surface area (Å²) in [6.07, 6.45) is 1.49. The van der Waals surface area contributed by atoms with Gasteiger partial charge < -0.3 is 9.47 Å². The zero-order chi connectivity index (χ0) is 20.3. The Bertz CT molecular complexity index is 953. The third-order valence-electron chi connectivity index (χ3n) is 3.80. The van der Waals surface area contributed by atoms with Crippen molar-refractivity contribution in [3.05, 3.63) is 62.5 Å². The normalized spacial score (nSPS) is 15.0. The third kappa shape index (κ3) is 4.26. The molecule has 1 aliphatic heterocycles. The number of benzene rings is 2. The van der Waals surface area contributed by atoms with Crippen molar-refractivity contribution in [3.8, 4) is 5.75 Å². The van der Waals surface area contributed by atoms with Crippen LogP contribution >= 0.6 is 31.9 Å². The van der Waals surface area contributed by atoms with Gasteiger partial charge in [-0.1, -0.05) is 18.2 Å². The number of para-hydroxylation sites is 1. The molecule has 1 N–H and O–H groups in total. The lowest BCUT2D eigenvalue weighted by Crippen LogP contribution is -2.35. The van der Waals surface area contributed by atoms with Crippen LogP contribution in [0.3, 0.4) is 0 Å². The summed E-state index contributed by atoms with van der Waals surface area (Å²) in [6, 6.07) is 12.2. The first-order valence-electron chi connectivity index (χ1n) is 8.01. The molecule has 0 atom stereocenters. The molecule has 2 aromatic rings. The second-order valence-corrected chi connectivity index (χ2v) is 7.36. The number of carbonyl (C=O) groups is 3. The number of nitrogens with one attached hydrogen (secondary N) is 1. The number of anilines is 1. The molecule has 2 aromatic carbocycles. The van der Waals surface area contributed by atoms with E-state index in [0.717, 1.165) is 0 Å². The van der Waals surface area contributed by atoms with E-state index >= 15 is 0 Å². The van der Waals surface area contributed by atoms with E-state index in [0.29, 0.717) is 25.9 Å². The van der Waals surface area contributed by atoms with Crippen LogP contribution in [0.4, 0.5) is 5.69 Å². The van der Waals surface area contributed by atoms with E-state index in [2.05, 4.69) is 42.0 Å². The Morgan fingerprint density at radius 2 is 1.79 bits per heavy atom. The van der Waals surface area contributed by atoms with Crippen molar-refractivity contribution in [2.75, 3.05) is 18.7 Å². The van der Waals surface area contributed by atoms with Gasteiger partial charge in [-0.3, -0.25) is 15.0 Å². The van der Waals surface area contributed by atoms with Crippen molar-refractivity contribution in [1.82, 2.24) is 5.43 Å². The molecule has 7 nitrogen and oxygen atoms in total. The maximum atomic E-state index is 12.6. The summed E-state index contributed by atoms with van der Waals surface area (Å²) in [5.41, 5.74) is 3.72. The Hall–Kier alpha value is -2.65. The first-order valence-corrected chi connectivity index (χ1v) is 9.60. The molecular weight excluding hydrogens is 496 g/mol. The number of nitrogens with zero attached hydrogens (tertiary/aromatic N) is 1. The van der Waals surface area contributed by atoms with E-state index in [-0.39, 0.29) is 12.2 Å². The van der Waals surface area contributed by atoms with Crippen molar-refractivity contribution in [2.24, 2.45) is 0 Å². The van der Waals surface area contributed by atoms with Gasteiger partial charge in [-0.15, -0.1) is 0 Å². The Balaban J connectivity index is 1.86. The third-order valence-corrected chi connectivity index (χ3v) is 4.98. The average Bonchev–Trinajstić information content (AvgIpc) is 2.96. The quantitative estimate of drug-likeness (QED) is 0.380. The molecule has 2 amide bonds. The highest BCUT2D eigenvalue weighted by atomic mass is 79.9. The highest BCUT2D eigenvalue weighted by Gasteiger charge is 2.34. The second-order valence-electron chi connectivity index (χ2n) is 5.65. The predicted octanol–water partition coefficient (Wildman–Crippen LogP) is 3.22. The minimum Gasteiger partial charge on any atom is -0.480 e. The SMILES string of the molecule is COC(=O)COc1c(Br)cc(/C=C2/C(=O)NN(c3ccccc3)C2=O)cc1Br. The standard InChI is InChI=1S/C19H14Br2N2O5/c1-27-16(24)10-28-17-14(20)8-11(9-15(17)21)7-13-18(25)22-23(19(13)26)12-5-3-2-4-6-12/h2-9H,10H2,1H3,(H,22,25)/b13-7-. The second kappa shape index (κ2) is 8.57. The number of methoxy groups -OCH3 is 1. The van der Waals surface area contributed by atoms with Crippen LogP contribution in [0, 0.1) is 0 Å². The topological polar surface area (TPSA) is 84.9 Å². The monoisotopic (exact) mass is 508 g/mol. The van der Waals surface area contributed by atoms with Gasteiger partial charge in [0, 0.05) is 0 Å². The number of esters is 1. The number of hydrogen-bond acceptors (Lipinski definition) is 5. The number of amides is 2. The Morgan fingerprint density at radius 1 is 1.14 bits per heavy atom. The summed E-state index contributed by atoms with van der Waals surface area (Å²) >= 11 is 6.73. The summed E-state index contributed by atoms with van der Waals surface area (Å²) in [4.78, 5) is 36.2. The number of hydrazine groups is 1. The maximum absolute atomic E-state index is 12.6. The molecular formula is C19H14Br2N2O5. The number of carbonyl (C=O) groups excluding carboxylic acids is 3. The number of ether oxygens (including phenoxy) is 2. The molecule has 1 saturated heterocycles. The van der Waals surface area contributed by atoms with Crippen LogP contribution in [0.2, 0.25) is 0 Å². The average molecular weight is 510 g/mol. The van der Waals surface area contributed by atoms with Crippen LogP contribution in [-0.4, -0.2) is 31.5 Å². The first kappa shape index (κ1) is 20.1. The predicted molar refractivity (Wildman–Crippen MR) is 109 cm³/mol.